The van der Waals surface area contributed by atoms with E-state index in [4.69, 9.17) is 17.1 Å². The first-order chi connectivity index (χ1) is 14.4. The van der Waals surface area contributed by atoms with Gasteiger partial charge in [0.2, 0.25) is 0 Å². The Hall–Kier alpha value is -2.21. The van der Waals surface area contributed by atoms with Gasteiger partial charge in [-0.3, -0.25) is 0 Å². The number of halogens is 1. The molecule has 1 aromatic rings. The Balaban J connectivity index is 2.48. The lowest BCUT2D eigenvalue weighted by molar-refractivity contribution is 0.211. The minimum absolute atomic E-state index is 0.0317. The molecule has 1 aliphatic heterocycles. The molecule has 0 radical (unpaired) electrons. The Morgan fingerprint density at radius 1 is 1.26 bits per heavy atom. The highest BCUT2D eigenvalue weighted by Gasteiger charge is 2.44. The van der Waals surface area contributed by atoms with Crippen LogP contribution in [0.2, 0.25) is 5.02 Å². The van der Waals surface area contributed by atoms with E-state index in [9.17, 15) is 9.90 Å². The monoisotopic (exact) mass is 447 g/mol. The van der Waals surface area contributed by atoms with Crippen molar-refractivity contribution in [1.29, 1.82) is 0 Å². The average Bonchev–Trinajstić information content (AvgIpc) is 2.69. The number of hydrogen-bond donors (Lipinski definition) is 3. The Labute approximate surface area is 189 Å². The van der Waals surface area contributed by atoms with Crippen molar-refractivity contribution < 1.29 is 9.90 Å². The number of amides is 2. The van der Waals surface area contributed by atoms with Gasteiger partial charge in [-0.05, 0) is 71.7 Å². The van der Waals surface area contributed by atoms with E-state index in [2.05, 4.69) is 41.4 Å². The van der Waals surface area contributed by atoms with Crippen LogP contribution in [0.3, 0.4) is 0 Å². The van der Waals surface area contributed by atoms with Gasteiger partial charge in [0, 0.05) is 29.3 Å². The molecular weight excluding hydrogens is 414 g/mol. The fraction of sp³-hybridized carbons (Fsp3) is 0.609. The summed E-state index contributed by atoms with van der Waals surface area (Å²) in [6.07, 6.45) is 4.73. The smallest absolute Gasteiger partial charge is 0.319 e. The largest absolute Gasteiger partial charge is 0.396 e. The Bertz CT molecular complexity index is 888. The summed E-state index contributed by atoms with van der Waals surface area (Å²) in [7, 11) is 0. The van der Waals surface area contributed by atoms with Gasteiger partial charge in [0.25, 0.3) is 0 Å². The molecule has 2 rings (SSSR count). The van der Waals surface area contributed by atoms with Crippen LogP contribution in [0, 0.1) is 10.8 Å². The quantitative estimate of drug-likeness (QED) is 0.251. The number of urea groups is 1. The first kappa shape index (κ1) is 25.1. The van der Waals surface area contributed by atoms with Crippen molar-refractivity contribution in [3.05, 3.63) is 56.6 Å². The van der Waals surface area contributed by atoms with Gasteiger partial charge >= 0.3 is 6.03 Å². The van der Waals surface area contributed by atoms with Crippen molar-refractivity contribution in [1.82, 2.24) is 10.6 Å². The summed E-state index contributed by atoms with van der Waals surface area (Å²) in [5.74, 6) is 0. The zero-order valence-corrected chi connectivity index (χ0v) is 19.9. The van der Waals surface area contributed by atoms with Crippen LogP contribution in [0.4, 0.5) is 4.79 Å². The summed E-state index contributed by atoms with van der Waals surface area (Å²) in [6.45, 7) is 10.8. The van der Waals surface area contributed by atoms with Crippen LogP contribution in [0.25, 0.3) is 10.4 Å². The molecule has 31 heavy (non-hydrogen) atoms. The average molecular weight is 448 g/mol. The molecule has 1 heterocycles. The van der Waals surface area contributed by atoms with Gasteiger partial charge in [-0.15, -0.1) is 0 Å². The number of aliphatic hydroxyl groups is 1. The number of carbonyl (C=O) groups excluding carboxylic acids is 1. The van der Waals surface area contributed by atoms with Crippen molar-refractivity contribution in [2.75, 3.05) is 13.2 Å². The summed E-state index contributed by atoms with van der Waals surface area (Å²) in [4.78, 5) is 15.2. The third-order valence-electron chi connectivity index (χ3n) is 6.04. The molecule has 2 amide bonds. The Kier molecular flexibility index (Phi) is 8.04. The molecule has 0 aromatic heterocycles. The van der Waals surface area contributed by atoms with E-state index in [0.717, 1.165) is 29.5 Å². The van der Waals surface area contributed by atoms with Crippen molar-refractivity contribution >= 4 is 17.6 Å². The summed E-state index contributed by atoms with van der Waals surface area (Å²) in [6, 6.07) is 5.63. The van der Waals surface area contributed by atoms with Crippen LogP contribution in [0.5, 0.6) is 0 Å². The number of nitrogens with zero attached hydrogens (tertiary/aromatic N) is 3. The van der Waals surface area contributed by atoms with Gasteiger partial charge in [0.15, 0.2) is 0 Å². The van der Waals surface area contributed by atoms with Gasteiger partial charge in [-0.2, -0.15) is 0 Å². The number of carbonyl (C=O) groups is 1. The summed E-state index contributed by atoms with van der Waals surface area (Å²) >= 11 is 6.66. The van der Waals surface area contributed by atoms with Crippen molar-refractivity contribution in [3.63, 3.8) is 0 Å². The fourth-order valence-corrected chi connectivity index (χ4v) is 4.42. The van der Waals surface area contributed by atoms with Gasteiger partial charge in [-0.25, -0.2) is 4.79 Å². The first-order valence-electron chi connectivity index (χ1n) is 10.7. The lowest BCUT2D eigenvalue weighted by Crippen LogP contribution is -2.55. The number of nitrogens with one attached hydrogen (secondary N) is 2. The van der Waals surface area contributed by atoms with Crippen LogP contribution in [-0.4, -0.2) is 24.3 Å². The molecule has 0 fully saturated rings. The highest BCUT2D eigenvalue weighted by atomic mass is 35.5. The fourth-order valence-electron chi connectivity index (χ4n) is 4.14. The molecule has 1 aliphatic rings. The molecule has 0 bridgehead atoms. The molecule has 0 spiro atoms. The third-order valence-corrected chi connectivity index (χ3v) is 6.40. The van der Waals surface area contributed by atoms with E-state index in [1.807, 2.05) is 32.0 Å². The summed E-state index contributed by atoms with van der Waals surface area (Å²) in [5, 5.41) is 19.7. The molecule has 2 unspecified atom stereocenters. The van der Waals surface area contributed by atoms with Crippen molar-refractivity contribution in [2.45, 2.75) is 65.8 Å². The second-order valence-corrected chi connectivity index (χ2v) is 10.3. The molecule has 2 atom stereocenters. The van der Waals surface area contributed by atoms with Crippen LogP contribution < -0.4 is 10.6 Å². The SMILES string of the molecule is CC(C)(C)CCc1ccc(C2(C)NC(=O)NC=C2C(C)(CCCO)CN=[N+]=[N-])cc1Cl. The zero-order chi connectivity index (χ0) is 23.3. The summed E-state index contributed by atoms with van der Waals surface area (Å²) < 4.78 is 0. The van der Waals surface area contributed by atoms with E-state index in [1.165, 1.54) is 0 Å². The molecule has 0 aliphatic carbocycles. The Morgan fingerprint density at radius 3 is 2.55 bits per heavy atom. The van der Waals surface area contributed by atoms with Crippen LogP contribution in [0.15, 0.2) is 35.1 Å². The molecule has 0 saturated heterocycles. The molecule has 0 saturated carbocycles. The molecule has 7 nitrogen and oxygen atoms in total. The van der Waals surface area contributed by atoms with E-state index in [0.29, 0.717) is 17.9 Å². The van der Waals surface area contributed by atoms with Crippen LogP contribution in [-0.2, 0) is 12.0 Å². The second-order valence-electron chi connectivity index (χ2n) is 9.93. The number of benzene rings is 1. The molecule has 8 heteroatoms. The first-order valence-corrected chi connectivity index (χ1v) is 11.0. The zero-order valence-electron chi connectivity index (χ0n) is 19.1. The number of rotatable bonds is 9. The molecule has 1 aromatic carbocycles. The standard InChI is InChI=1S/C23H34ClN5O2/c1-21(2,3)11-9-16-7-8-17(13-18(16)24)23(5)19(14-26-20(31)28-23)22(4,10-6-12-30)15-27-29-25/h7-8,13-14,30H,6,9-12,15H2,1-5H3,(H2,26,28,31). The lowest BCUT2D eigenvalue weighted by Gasteiger charge is -2.45. The van der Waals surface area contributed by atoms with E-state index in [1.54, 1.807) is 6.20 Å². The third kappa shape index (κ3) is 6.16. The van der Waals surface area contributed by atoms with E-state index in [-0.39, 0.29) is 24.6 Å². The van der Waals surface area contributed by atoms with Crippen molar-refractivity contribution in [2.24, 2.45) is 15.9 Å². The number of azide groups is 1. The number of aliphatic hydroxyl groups excluding tert-OH is 1. The van der Waals surface area contributed by atoms with Gasteiger partial charge in [0.05, 0.1) is 5.54 Å². The second kappa shape index (κ2) is 9.94. The predicted molar refractivity (Wildman–Crippen MR) is 125 cm³/mol. The lowest BCUT2D eigenvalue weighted by atomic mass is 9.67. The van der Waals surface area contributed by atoms with Crippen molar-refractivity contribution in [3.8, 4) is 0 Å². The van der Waals surface area contributed by atoms with Gasteiger partial charge in [-0.1, -0.05) is 56.5 Å². The summed E-state index contributed by atoms with van der Waals surface area (Å²) in [5.41, 5.74) is 10.5. The van der Waals surface area contributed by atoms with Crippen LogP contribution in [0.1, 0.15) is 65.0 Å². The maximum absolute atomic E-state index is 12.3. The predicted octanol–water partition coefficient (Wildman–Crippen LogP) is 5.82. The minimum atomic E-state index is -0.844. The molecular formula is C23H34ClN5O2. The minimum Gasteiger partial charge on any atom is -0.396 e. The topological polar surface area (TPSA) is 110 Å². The van der Waals surface area contributed by atoms with E-state index >= 15 is 0 Å². The molecule has 170 valence electrons. The number of hydrogen-bond acceptors (Lipinski definition) is 3. The Morgan fingerprint density at radius 2 is 1.97 bits per heavy atom. The highest BCUT2D eigenvalue weighted by molar-refractivity contribution is 6.31. The van der Waals surface area contributed by atoms with Crippen LogP contribution >= 0.6 is 11.6 Å². The molecule has 3 N–H and O–H groups in total. The number of aryl methyl sites for hydroxylation is 1. The van der Waals surface area contributed by atoms with E-state index < -0.39 is 11.0 Å². The highest BCUT2D eigenvalue weighted by Crippen LogP contribution is 2.45. The maximum Gasteiger partial charge on any atom is 0.319 e. The normalized spacial score (nSPS) is 20.7. The van der Waals surface area contributed by atoms with Gasteiger partial charge in [0.1, 0.15) is 0 Å². The van der Waals surface area contributed by atoms with Gasteiger partial charge < -0.3 is 15.7 Å². The maximum atomic E-state index is 12.3.